The summed E-state index contributed by atoms with van der Waals surface area (Å²) in [5.74, 6) is 0. The fourth-order valence-electron chi connectivity index (χ4n) is 2.90. The van der Waals surface area contributed by atoms with Crippen LogP contribution in [-0.2, 0) is 10.0 Å². The Morgan fingerprint density at radius 2 is 2.14 bits per heavy atom. The van der Waals surface area contributed by atoms with Crippen LogP contribution in [0.25, 0.3) is 0 Å². The normalized spacial score (nSPS) is 21.9. The molecule has 0 heterocycles. The lowest BCUT2D eigenvalue weighted by Gasteiger charge is -2.35. The van der Waals surface area contributed by atoms with E-state index in [2.05, 4.69) is 18.6 Å². The fourth-order valence-corrected chi connectivity index (χ4v) is 4.35. The van der Waals surface area contributed by atoms with E-state index in [-0.39, 0.29) is 21.3 Å². The molecule has 0 bridgehead atoms. The highest BCUT2D eigenvalue weighted by molar-refractivity contribution is 7.89. The molecule has 21 heavy (non-hydrogen) atoms. The number of hydrogen-bond donors (Lipinski definition) is 2. The molecule has 1 saturated carbocycles. The fraction of sp³-hybridized carbons (Fsp3) is 0.533. The Bertz CT molecular complexity index is 639. The van der Waals surface area contributed by atoms with Gasteiger partial charge in [-0.1, -0.05) is 44.6 Å². The van der Waals surface area contributed by atoms with Gasteiger partial charge >= 0.3 is 0 Å². The molecule has 116 valence electrons. The summed E-state index contributed by atoms with van der Waals surface area (Å²) >= 11 is 4.90. The molecule has 2 rings (SSSR count). The van der Waals surface area contributed by atoms with Gasteiger partial charge in [-0.3, -0.25) is 0 Å². The molecule has 1 aliphatic carbocycles. The molecular weight excluding hydrogens is 304 g/mol. The Kier molecular flexibility index (Phi) is 4.70. The Labute approximate surface area is 132 Å². The van der Waals surface area contributed by atoms with E-state index in [1.54, 1.807) is 18.2 Å². The van der Waals surface area contributed by atoms with Crippen molar-refractivity contribution in [2.24, 2.45) is 11.1 Å². The molecule has 1 fully saturated rings. The van der Waals surface area contributed by atoms with Crippen LogP contribution in [0.5, 0.6) is 0 Å². The summed E-state index contributed by atoms with van der Waals surface area (Å²) in [7, 11) is -3.53. The van der Waals surface area contributed by atoms with E-state index in [0.717, 1.165) is 25.7 Å². The van der Waals surface area contributed by atoms with Crippen molar-refractivity contribution in [1.29, 1.82) is 0 Å². The zero-order valence-electron chi connectivity index (χ0n) is 12.4. The molecule has 3 N–H and O–H groups in total. The number of nitrogens with two attached hydrogens (primary N) is 1. The summed E-state index contributed by atoms with van der Waals surface area (Å²) in [5, 5.41) is 0. The molecule has 1 aromatic rings. The van der Waals surface area contributed by atoms with Crippen molar-refractivity contribution in [3.05, 3.63) is 29.8 Å². The third-order valence-corrected chi connectivity index (χ3v) is 5.71. The van der Waals surface area contributed by atoms with Gasteiger partial charge in [-0.15, -0.1) is 0 Å². The van der Waals surface area contributed by atoms with Crippen molar-refractivity contribution < 1.29 is 8.42 Å². The first-order valence-corrected chi connectivity index (χ1v) is 9.01. The lowest BCUT2D eigenvalue weighted by atomic mass is 9.75. The van der Waals surface area contributed by atoms with Gasteiger partial charge in [0.15, 0.2) is 0 Å². The molecule has 0 radical (unpaired) electrons. The summed E-state index contributed by atoms with van der Waals surface area (Å²) in [4.78, 5) is 0.419. The highest BCUT2D eigenvalue weighted by Crippen LogP contribution is 2.35. The summed E-state index contributed by atoms with van der Waals surface area (Å²) in [6.45, 7) is 4.36. The lowest BCUT2D eigenvalue weighted by Crippen LogP contribution is -2.40. The quantitative estimate of drug-likeness (QED) is 0.834. The zero-order chi connectivity index (χ0) is 15.7. The monoisotopic (exact) mass is 326 g/mol. The van der Waals surface area contributed by atoms with E-state index in [9.17, 15) is 8.42 Å². The number of benzene rings is 1. The largest absolute Gasteiger partial charge is 0.389 e. The van der Waals surface area contributed by atoms with Gasteiger partial charge in [0.1, 0.15) is 4.99 Å². The average Bonchev–Trinajstić information content (AvgIpc) is 2.37. The predicted molar refractivity (Wildman–Crippen MR) is 88.7 cm³/mol. The first-order valence-electron chi connectivity index (χ1n) is 7.12. The van der Waals surface area contributed by atoms with E-state index in [4.69, 9.17) is 18.0 Å². The van der Waals surface area contributed by atoms with E-state index in [0.29, 0.717) is 5.56 Å². The maximum absolute atomic E-state index is 12.5. The highest BCUT2D eigenvalue weighted by atomic mass is 32.2. The van der Waals surface area contributed by atoms with Crippen LogP contribution in [0.15, 0.2) is 29.2 Å². The second-order valence-corrected chi connectivity index (χ2v) is 8.62. The third kappa shape index (κ3) is 4.25. The summed E-state index contributed by atoms with van der Waals surface area (Å²) in [5.41, 5.74) is 6.32. The topological polar surface area (TPSA) is 72.2 Å². The molecule has 1 unspecified atom stereocenters. The number of rotatable bonds is 4. The molecule has 0 saturated heterocycles. The van der Waals surface area contributed by atoms with Crippen LogP contribution in [0, 0.1) is 5.41 Å². The second-order valence-electron chi connectivity index (χ2n) is 6.47. The van der Waals surface area contributed by atoms with Crippen LogP contribution in [0.4, 0.5) is 0 Å². The number of thiocarbonyl (C=S) groups is 1. The van der Waals surface area contributed by atoms with E-state index in [1.807, 2.05) is 0 Å². The molecule has 1 aliphatic rings. The minimum Gasteiger partial charge on any atom is -0.389 e. The minimum absolute atomic E-state index is 0.00719. The van der Waals surface area contributed by atoms with Gasteiger partial charge in [0.25, 0.3) is 0 Å². The standard InChI is InChI=1S/C15H22N2O2S2/c1-15(2)8-4-6-12(10-15)17-21(18,19)13-7-3-5-11(9-13)14(16)20/h3,5,7,9,12,17H,4,6,8,10H2,1-2H3,(H2,16,20). The molecule has 0 spiro atoms. The maximum Gasteiger partial charge on any atom is 0.240 e. The summed E-state index contributed by atoms with van der Waals surface area (Å²) in [6.07, 6.45) is 3.94. The first-order chi connectivity index (χ1) is 9.70. The van der Waals surface area contributed by atoms with Gasteiger partial charge in [-0.2, -0.15) is 0 Å². The van der Waals surface area contributed by atoms with E-state index < -0.39 is 10.0 Å². The molecule has 6 heteroatoms. The second kappa shape index (κ2) is 6.02. The van der Waals surface area contributed by atoms with Crippen molar-refractivity contribution in [2.45, 2.75) is 50.5 Å². The van der Waals surface area contributed by atoms with Gasteiger partial charge in [-0.05, 0) is 36.8 Å². The van der Waals surface area contributed by atoms with E-state index >= 15 is 0 Å². The minimum atomic E-state index is -3.53. The lowest BCUT2D eigenvalue weighted by molar-refractivity contribution is 0.212. The predicted octanol–water partition coefficient (Wildman–Crippen LogP) is 2.57. The molecule has 1 atom stereocenters. The smallest absolute Gasteiger partial charge is 0.240 e. The molecule has 0 aromatic heterocycles. The van der Waals surface area contributed by atoms with Crippen molar-refractivity contribution in [3.8, 4) is 0 Å². The van der Waals surface area contributed by atoms with Crippen LogP contribution in [-0.4, -0.2) is 19.4 Å². The van der Waals surface area contributed by atoms with Crippen molar-refractivity contribution in [2.75, 3.05) is 0 Å². The summed E-state index contributed by atoms with van der Waals surface area (Å²) in [6, 6.07) is 6.46. The maximum atomic E-state index is 12.5. The van der Waals surface area contributed by atoms with Crippen LogP contribution in [0.2, 0.25) is 0 Å². The molecule has 0 amide bonds. The average molecular weight is 326 g/mol. The number of nitrogens with one attached hydrogen (secondary N) is 1. The van der Waals surface area contributed by atoms with Crippen LogP contribution in [0.1, 0.15) is 45.1 Å². The van der Waals surface area contributed by atoms with Gasteiger partial charge in [0, 0.05) is 11.6 Å². The molecule has 0 aliphatic heterocycles. The van der Waals surface area contributed by atoms with Crippen LogP contribution in [0.3, 0.4) is 0 Å². The Balaban J connectivity index is 2.18. The first kappa shape index (κ1) is 16.4. The molecular formula is C15H22N2O2S2. The molecule has 1 aromatic carbocycles. The Morgan fingerprint density at radius 3 is 2.76 bits per heavy atom. The summed E-state index contributed by atoms with van der Waals surface area (Å²) < 4.78 is 27.8. The van der Waals surface area contributed by atoms with Crippen molar-refractivity contribution in [3.63, 3.8) is 0 Å². The Morgan fingerprint density at radius 1 is 1.43 bits per heavy atom. The van der Waals surface area contributed by atoms with Gasteiger partial charge < -0.3 is 5.73 Å². The number of hydrogen-bond acceptors (Lipinski definition) is 3. The molecule has 4 nitrogen and oxygen atoms in total. The van der Waals surface area contributed by atoms with Crippen LogP contribution >= 0.6 is 12.2 Å². The van der Waals surface area contributed by atoms with Crippen molar-refractivity contribution >= 4 is 27.2 Å². The SMILES string of the molecule is CC1(C)CCCC(NS(=O)(=O)c2cccc(C(N)=S)c2)C1. The number of sulfonamides is 1. The van der Waals surface area contributed by atoms with Gasteiger partial charge in [0.2, 0.25) is 10.0 Å². The van der Waals surface area contributed by atoms with Gasteiger partial charge in [-0.25, -0.2) is 13.1 Å². The zero-order valence-corrected chi connectivity index (χ0v) is 14.1. The Hall–Kier alpha value is -0.980. The third-order valence-electron chi connectivity index (χ3n) is 3.96. The van der Waals surface area contributed by atoms with E-state index in [1.165, 1.54) is 6.07 Å². The van der Waals surface area contributed by atoms with Gasteiger partial charge in [0.05, 0.1) is 4.90 Å². The highest BCUT2D eigenvalue weighted by Gasteiger charge is 2.30. The van der Waals surface area contributed by atoms with Crippen molar-refractivity contribution in [1.82, 2.24) is 4.72 Å². The van der Waals surface area contributed by atoms with Crippen LogP contribution < -0.4 is 10.5 Å².